The van der Waals surface area contributed by atoms with Crippen molar-refractivity contribution < 1.29 is 0 Å². The Morgan fingerprint density at radius 2 is 1.35 bits per heavy atom. The summed E-state index contributed by atoms with van der Waals surface area (Å²) in [5, 5.41) is 4.76. The maximum atomic E-state index is 4.94. The lowest BCUT2D eigenvalue weighted by Gasteiger charge is -2.23. The molecule has 0 amide bonds. The van der Waals surface area contributed by atoms with E-state index in [0.717, 1.165) is 50.7 Å². The van der Waals surface area contributed by atoms with Gasteiger partial charge in [-0.15, -0.1) is 11.3 Å². The Bertz CT molecular complexity index is 2070. The van der Waals surface area contributed by atoms with Crippen LogP contribution in [-0.2, 0) is 0 Å². The van der Waals surface area contributed by atoms with Gasteiger partial charge in [-0.05, 0) is 34.9 Å². The van der Waals surface area contributed by atoms with Gasteiger partial charge in [-0.25, -0.2) is 15.0 Å². The molecule has 3 aromatic heterocycles. The fourth-order valence-corrected chi connectivity index (χ4v) is 6.39. The van der Waals surface area contributed by atoms with E-state index in [1.807, 2.05) is 36.4 Å². The van der Waals surface area contributed by atoms with Crippen molar-refractivity contribution in [1.29, 1.82) is 0 Å². The number of pyridine rings is 1. The van der Waals surface area contributed by atoms with Gasteiger partial charge in [0, 0.05) is 27.4 Å². The first-order valence-corrected chi connectivity index (χ1v) is 14.1. The quantitative estimate of drug-likeness (QED) is 0.250. The molecule has 0 radical (unpaired) electrons. The topological polar surface area (TPSA) is 54.0 Å². The minimum absolute atomic E-state index is 0.212. The number of thiophene rings is 1. The van der Waals surface area contributed by atoms with Crippen LogP contribution in [0.1, 0.15) is 22.9 Å². The average Bonchev–Trinajstić information content (AvgIpc) is 3.58. The Labute approximate surface area is 234 Å². The van der Waals surface area contributed by atoms with Crippen LogP contribution in [0.4, 0.5) is 0 Å². The van der Waals surface area contributed by atoms with Crippen molar-refractivity contribution in [1.82, 2.24) is 14.7 Å². The van der Waals surface area contributed by atoms with E-state index in [9.17, 15) is 0 Å². The van der Waals surface area contributed by atoms with Gasteiger partial charge in [-0.1, -0.05) is 103 Å². The largest absolute Gasteiger partial charge is 0.344 e. The summed E-state index contributed by atoms with van der Waals surface area (Å²) in [5.41, 5.74) is 7.43. The van der Waals surface area contributed by atoms with Gasteiger partial charge >= 0.3 is 0 Å². The second-order valence-electron chi connectivity index (χ2n) is 9.82. The molecular weight excluding hydrogens is 510 g/mol. The van der Waals surface area contributed by atoms with E-state index in [2.05, 4.69) is 101 Å². The normalized spacial score (nSPS) is 15.2. The molecule has 0 fully saturated rings. The zero-order valence-corrected chi connectivity index (χ0v) is 22.2. The molecule has 0 spiro atoms. The summed E-state index contributed by atoms with van der Waals surface area (Å²) in [6.45, 7) is 0. The molecule has 5 nitrogen and oxygen atoms in total. The van der Waals surface area contributed by atoms with E-state index in [1.165, 1.54) is 14.9 Å². The highest BCUT2D eigenvalue weighted by molar-refractivity contribution is 7.25. The molecule has 4 heterocycles. The number of aromatic nitrogens is 2. The number of imidazole rings is 1. The molecule has 0 saturated heterocycles. The number of fused-ring (bicyclic) bond motifs is 5. The lowest BCUT2D eigenvalue weighted by atomic mass is 10.0. The second kappa shape index (κ2) is 9.29. The standard InChI is InChI=1S/C34H23N5S/c1-3-9-23(10-4-1)31-36-32(24-11-5-2-6-12-24)38-33(37-31)25-17-15-22(16-18-25)26-19-20-29-35-30-27-13-7-8-14-28(27)40-34(30)39(29)21-26/h1-21,31H,(H,36,37,38). The minimum Gasteiger partial charge on any atom is -0.344 e. The number of nitrogens with one attached hydrogen (secondary N) is 1. The molecule has 1 aliphatic rings. The van der Waals surface area contributed by atoms with Crippen LogP contribution in [0.25, 0.3) is 37.2 Å². The van der Waals surface area contributed by atoms with Gasteiger partial charge < -0.3 is 5.32 Å². The fraction of sp³-hybridized carbons (Fsp3) is 0.0294. The summed E-state index contributed by atoms with van der Waals surface area (Å²) in [6.07, 6.45) is 1.98. The molecule has 4 aromatic carbocycles. The maximum absolute atomic E-state index is 4.94. The van der Waals surface area contributed by atoms with Gasteiger partial charge in [0.05, 0.1) is 0 Å². The van der Waals surface area contributed by atoms with Crippen molar-refractivity contribution in [3.8, 4) is 11.1 Å². The molecule has 40 heavy (non-hydrogen) atoms. The summed E-state index contributed by atoms with van der Waals surface area (Å²) in [7, 11) is 0. The third-order valence-electron chi connectivity index (χ3n) is 7.31. The maximum Gasteiger partial charge on any atom is 0.159 e. The SMILES string of the molecule is c1ccc(C2=NC(c3ccccc3)NC(c3ccc(-c4ccc5nc6c7ccccc7sc6n5c4)cc3)=N2)cc1. The monoisotopic (exact) mass is 533 g/mol. The van der Waals surface area contributed by atoms with Crippen molar-refractivity contribution >= 4 is 49.1 Å². The third kappa shape index (κ3) is 3.89. The van der Waals surface area contributed by atoms with Crippen LogP contribution in [-0.4, -0.2) is 21.1 Å². The first-order valence-electron chi connectivity index (χ1n) is 13.2. The Morgan fingerprint density at radius 1 is 0.650 bits per heavy atom. The lowest BCUT2D eigenvalue weighted by Crippen LogP contribution is -2.33. The molecule has 8 rings (SSSR count). The van der Waals surface area contributed by atoms with Gasteiger partial charge in [-0.2, -0.15) is 0 Å². The first kappa shape index (κ1) is 22.9. The molecule has 1 atom stereocenters. The Balaban J connectivity index is 1.16. The number of nitrogens with zero attached hydrogens (tertiary/aromatic N) is 4. The van der Waals surface area contributed by atoms with Crippen molar-refractivity contribution in [3.63, 3.8) is 0 Å². The average molecular weight is 534 g/mol. The number of hydrogen-bond donors (Lipinski definition) is 1. The molecule has 7 aromatic rings. The molecule has 0 saturated carbocycles. The number of amidine groups is 2. The Hall–Kier alpha value is -5.07. The smallest absolute Gasteiger partial charge is 0.159 e. The Morgan fingerprint density at radius 3 is 2.17 bits per heavy atom. The van der Waals surface area contributed by atoms with Crippen molar-refractivity contribution in [2.24, 2.45) is 9.98 Å². The molecule has 0 aliphatic carbocycles. The van der Waals surface area contributed by atoms with E-state index >= 15 is 0 Å². The van der Waals surface area contributed by atoms with Crippen LogP contribution in [0.15, 0.2) is 138 Å². The van der Waals surface area contributed by atoms with Crippen LogP contribution >= 0.6 is 11.3 Å². The van der Waals surface area contributed by atoms with Gasteiger partial charge in [0.15, 0.2) is 5.84 Å². The van der Waals surface area contributed by atoms with E-state index in [-0.39, 0.29) is 6.17 Å². The molecule has 1 N–H and O–H groups in total. The predicted octanol–water partition coefficient (Wildman–Crippen LogP) is 7.86. The summed E-state index contributed by atoms with van der Waals surface area (Å²) in [6, 6.07) is 41.7. The molecular formula is C34H23N5S. The zero-order valence-electron chi connectivity index (χ0n) is 21.4. The summed E-state index contributed by atoms with van der Waals surface area (Å²) < 4.78 is 3.47. The zero-order chi connectivity index (χ0) is 26.5. The van der Waals surface area contributed by atoms with Gasteiger partial charge in [0.1, 0.15) is 28.0 Å². The van der Waals surface area contributed by atoms with Crippen molar-refractivity contribution in [2.75, 3.05) is 0 Å². The summed E-state index contributed by atoms with van der Waals surface area (Å²) >= 11 is 1.78. The van der Waals surface area contributed by atoms with E-state index in [1.54, 1.807) is 11.3 Å². The molecule has 6 heteroatoms. The van der Waals surface area contributed by atoms with Crippen LogP contribution in [0.2, 0.25) is 0 Å². The number of aliphatic imine (C=N–C) groups is 2. The van der Waals surface area contributed by atoms with Crippen LogP contribution in [0.5, 0.6) is 0 Å². The van der Waals surface area contributed by atoms with Crippen LogP contribution < -0.4 is 5.32 Å². The molecule has 0 bridgehead atoms. The van der Waals surface area contributed by atoms with Gasteiger partial charge in [-0.3, -0.25) is 4.40 Å². The van der Waals surface area contributed by atoms with E-state index in [0.29, 0.717) is 0 Å². The highest BCUT2D eigenvalue weighted by Crippen LogP contribution is 2.35. The number of hydrogen-bond acceptors (Lipinski definition) is 5. The van der Waals surface area contributed by atoms with Gasteiger partial charge in [0.2, 0.25) is 0 Å². The minimum atomic E-state index is -0.212. The van der Waals surface area contributed by atoms with Gasteiger partial charge in [0.25, 0.3) is 0 Å². The Kier molecular flexibility index (Phi) is 5.31. The predicted molar refractivity (Wildman–Crippen MR) is 165 cm³/mol. The molecule has 1 unspecified atom stereocenters. The van der Waals surface area contributed by atoms with E-state index < -0.39 is 0 Å². The first-order chi connectivity index (χ1) is 19.8. The number of rotatable bonds is 4. The van der Waals surface area contributed by atoms with Crippen molar-refractivity contribution in [2.45, 2.75) is 6.17 Å². The summed E-state index contributed by atoms with van der Waals surface area (Å²) in [4.78, 5) is 16.0. The highest BCUT2D eigenvalue weighted by Gasteiger charge is 2.21. The highest BCUT2D eigenvalue weighted by atomic mass is 32.1. The fourth-order valence-electron chi connectivity index (χ4n) is 5.26. The summed E-state index contributed by atoms with van der Waals surface area (Å²) in [5.74, 6) is 1.54. The lowest BCUT2D eigenvalue weighted by molar-refractivity contribution is 0.674. The van der Waals surface area contributed by atoms with Crippen LogP contribution in [0, 0.1) is 0 Å². The number of benzene rings is 4. The van der Waals surface area contributed by atoms with Crippen molar-refractivity contribution in [3.05, 3.63) is 144 Å². The second-order valence-corrected chi connectivity index (χ2v) is 10.9. The molecule has 1 aliphatic heterocycles. The molecule has 190 valence electrons. The third-order valence-corrected chi connectivity index (χ3v) is 8.46. The van der Waals surface area contributed by atoms with Crippen LogP contribution in [0.3, 0.4) is 0 Å². The van der Waals surface area contributed by atoms with E-state index in [4.69, 9.17) is 15.0 Å².